The van der Waals surface area contributed by atoms with Crippen LogP contribution in [0.2, 0.25) is 0 Å². The van der Waals surface area contributed by atoms with Crippen LogP contribution in [0.4, 0.5) is 0 Å². The van der Waals surface area contributed by atoms with Crippen molar-refractivity contribution in [1.29, 1.82) is 0 Å². The predicted molar refractivity (Wildman–Crippen MR) is 114 cm³/mol. The lowest BCUT2D eigenvalue weighted by atomic mass is 9.96. The van der Waals surface area contributed by atoms with E-state index in [1.807, 2.05) is 19.9 Å². The first-order chi connectivity index (χ1) is 14.3. The molecule has 0 aliphatic carbocycles. The van der Waals surface area contributed by atoms with Crippen LogP contribution in [0.5, 0.6) is 11.5 Å². The second-order valence-electron chi connectivity index (χ2n) is 7.31. The van der Waals surface area contributed by atoms with Crippen molar-refractivity contribution in [2.24, 2.45) is 0 Å². The standard InChI is InChI=1S/C22H20BrNO6/c1-10-6-11(2)16-14(7-10)30-21-17(20(16)27)18(24(4-5-25)22(21)28)12-8-13(23)19(26)15(9-12)29-3/h6-9,18,25-26H,4-5H2,1-3H3. The van der Waals surface area contributed by atoms with E-state index >= 15 is 0 Å². The van der Waals surface area contributed by atoms with Crippen molar-refractivity contribution in [1.82, 2.24) is 4.90 Å². The number of hydrogen-bond acceptors (Lipinski definition) is 6. The zero-order chi connectivity index (χ0) is 21.7. The maximum atomic E-state index is 13.5. The highest BCUT2D eigenvalue weighted by Crippen LogP contribution is 2.43. The number of rotatable bonds is 4. The highest BCUT2D eigenvalue weighted by molar-refractivity contribution is 9.10. The van der Waals surface area contributed by atoms with Crippen molar-refractivity contribution in [3.8, 4) is 11.5 Å². The van der Waals surface area contributed by atoms with Gasteiger partial charge in [-0.15, -0.1) is 0 Å². The number of phenolic OH excluding ortho intramolecular Hbond substituents is 1. The number of aliphatic hydroxyl groups is 1. The first-order valence-corrected chi connectivity index (χ1v) is 10.1. The molecule has 0 bridgehead atoms. The van der Waals surface area contributed by atoms with Crippen LogP contribution >= 0.6 is 15.9 Å². The average Bonchev–Trinajstić information content (AvgIpc) is 2.96. The van der Waals surface area contributed by atoms with Crippen LogP contribution in [-0.4, -0.2) is 41.3 Å². The second-order valence-corrected chi connectivity index (χ2v) is 8.16. The fourth-order valence-electron chi connectivity index (χ4n) is 4.11. The minimum atomic E-state index is -0.785. The molecule has 30 heavy (non-hydrogen) atoms. The van der Waals surface area contributed by atoms with Gasteiger partial charge in [0.15, 0.2) is 16.9 Å². The van der Waals surface area contributed by atoms with Gasteiger partial charge in [0.25, 0.3) is 5.91 Å². The fraction of sp³-hybridized carbons (Fsp3) is 0.273. The van der Waals surface area contributed by atoms with Gasteiger partial charge in [0.05, 0.1) is 35.2 Å². The van der Waals surface area contributed by atoms with Crippen molar-refractivity contribution in [2.45, 2.75) is 19.9 Å². The van der Waals surface area contributed by atoms with Gasteiger partial charge in [-0.2, -0.15) is 0 Å². The van der Waals surface area contributed by atoms with E-state index in [2.05, 4.69) is 15.9 Å². The number of methoxy groups -OCH3 is 1. The van der Waals surface area contributed by atoms with E-state index in [4.69, 9.17) is 9.15 Å². The van der Waals surface area contributed by atoms with E-state index in [-0.39, 0.29) is 41.4 Å². The Kier molecular flexibility index (Phi) is 5.07. The predicted octanol–water partition coefficient (Wildman–Crippen LogP) is 3.42. The van der Waals surface area contributed by atoms with E-state index < -0.39 is 11.9 Å². The first-order valence-electron chi connectivity index (χ1n) is 9.34. The molecule has 2 heterocycles. The summed E-state index contributed by atoms with van der Waals surface area (Å²) >= 11 is 3.29. The van der Waals surface area contributed by atoms with Gasteiger partial charge in [-0.25, -0.2) is 0 Å². The lowest BCUT2D eigenvalue weighted by molar-refractivity contribution is 0.0691. The monoisotopic (exact) mass is 473 g/mol. The van der Waals surface area contributed by atoms with Gasteiger partial charge in [0.2, 0.25) is 5.76 Å². The molecule has 7 nitrogen and oxygen atoms in total. The maximum Gasteiger partial charge on any atom is 0.290 e. The molecular weight excluding hydrogens is 454 g/mol. The van der Waals surface area contributed by atoms with Gasteiger partial charge in [0.1, 0.15) is 5.58 Å². The average molecular weight is 474 g/mol. The van der Waals surface area contributed by atoms with Crippen LogP contribution in [0.15, 0.2) is 37.9 Å². The number of phenols is 1. The molecule has 1 aliphatic heterocycles. The molecule has 0 fully saturated rings. The van der Waals surface area contributed by atoms with Gasteiger partial charge in [-0.3, -0.25) is 9.59 Å². The van der Waals surface area contributed by atoms with E-state index in [0.717, 1.165) is 11.1 Å². The Morgan fingerprint density at radius 2 is 1.93 bits per heavy atom. The highest BCUT2D eigenvalue weighted by atomic mass is 79.9. The molecule has 0 saturated carbocycles. The van der Waals surface area contributed by atoms with Crippen LogP contribution in [0.25, 0.3) is 11.0 Å². The molecule has 0 radical (unpaired) electrons. The third kappa shape index (κ3) is 2.98. The number of hydrogen-bond donors (Lipinski definition) is 2. The van der Waals surface area contributed by atoms with E-state index in [1.54, 1.807) is 18.2 Å². The lowest BCUT2D eigenvalue weighted by Crippen LogP contribution is -2.32. The van der Waals surface area contributed by atoms with Gasteiger partial charge in [0, 0.05) is 6.54 Å². The summed E-state index contributed by atoms with van der Waals surface area (Å²) in [6, 6.07) is 6.04. The summed E-state index contributed by atoms with van der Waals surface area (Å²) in [5, 5.41) is 20.1. The number of β-amino-alcohol motifs (C(OH)–C–C–N with tert-alkyl or cyclic N) is 1. The summed E-state index contributed by atoms with van der Waals surface area (Å²) in [7, 11) is 1.41. The number of ether oxygens (including phenoxy) is 1. The van der Waals surface area contributed by atoms with Crippen LogP contribution < -0.4 is 10.2 Å². The molecule has 3 aromatic rings. The number of benzene rings is 2. The quantitative estimate of drug-likeness (QED) is 0.601. The molecule has 0 saturated heterocycles. The number of fused-ring (bicyclic) bond motifs is 2. The number of carbonyl (C=O) groups excluding carboxylic acids is 1. The Hall–Kier alpha value is -2.84. The summed E-state index contributed by atoms with van der Waals surface area (Å²) in [6.45, 7) is 3.46. The SMILES string of the molecule is COc1cc(C2c3c(oc4cc(C)cc(C)c4c3=O)C(=O)N2CCO)cc(Br)c1O. The van der Waals surface area contributed by atoms with Crippen LogP contribution in [0.1, 0.15) is 38.9 Å². The van der Waals surface area contributed by atoms with Crippen molar-refractivity contribution in [3.05, 3.63) is 67.0 Å². The number of aliphatic hydroxyl groups excluding tert-OH is 1. The zero-order valence-corrected chi connectivity index (χ0v) is 18.2. The number of aromatic hydroxyl groups is 1. The van der Waals surface area contributed by atoms with E-state index in [9.17, 15) is 19.8 Å². The largest absolute Gasteiger partial charge is 0.503 e. The first kappa shape index (κ1) is 20.4. The summed E-state index contributed by atoms with van der Waals surface area (Å²) in [6.07, 6.45) is 0. The Labute approximate surface area is 180 Å². The minimum Gasteiger partial charge on any atom is -0.503 e. The maximum absolute atomic E-state index is 13.5. The zero-order valence-electron chi connectivity index (χ0n) is 16.7. The van der Waals surface area contributed by atoms with Crippen LogP contribution in [0, 0.1) is 13.8 Å². The van der Waals surface area contributed by atoms with Crippen LogP contribution in [-0.2, 0) is 0 Å². The number of carbonyl (C=O) groups is 1. The summed E-state index contributed by atoms with van der Waals surface area (Å²) < 4.78 is 11.5. The summed E-state index contributed by atoms with van der Waals surface area (Å²) in [4.78, 5) is 28.1. The Balaban J connectivity index is 2.05. The lowest BCUT2D eigenvalue weighted by Gasteiger charge is -2.25. The molecule has 0 spiro atoms. The van der Waals surface area contributed by atoms with Gasteiger partial charge in [-0.1, -0.05) is 6.07 Å². The fourth-order valence-corrected chi connectivity index (χ4v) is 4.57. The molecule has 1 atom stereocenters. The van der Waals surface area contributed by atoms with Crippen molar-refractivity contribution in [3.63, 3.8) is 0 Å². The van der Waals surface area contributed by atoms with Gasteiger partial charge < -0.3 is 24.3 Å². The number of aryl methyl sites for hydroxylation is 2. The molecule has 1 aliphatic rings. The number of nitrogens with zero attached hydrogens (tertiary/aromatic N) is 1. The van der Waals surface area contributed by atoms with Crippen molar-refractivity contribution in [2.75, 3.05) is 20.3 Å². The number of halogens is 1. The van der Waals surface area contributed by atoms with Crippen molar-refractivity contribution >= 4 is 32.8 Å². The molecule has 1 aromatic heterocycles. The van der Waals surface area contributed by atoms with E-state index in [0.29, 0.717) is 21.0 Å². The molecule has 4 rings (SSSR count). The molecule has 156 valence electrons. The molecular formula is C22H20BrNO6. The topological polar surface area (TPSA) is 100 Å². The third-order valence-corrected chi connectivity index (χ3v) is 5.94. The number of amides is 1. The Bertz CT molecular complexity index is 1250. The summed E-state index contributed by atoms with van der Waals surface area (Å²) in [5.41, 5.74) is 2.52. The minimum absolute atomic E-state index is 0.0162. The summed E-state index contributed by atoms with van der Waals surface area (Å²) in [5.74, 6) is -0.387. The van der Waals surface area contributed by atoms with Crippen LogP contribution in [0.3, 0.4) is 0 Å². The van der Waals surface area contributed by atoms with E-state index in [1.165, 1.54) is 12.0 Å². The molecule has 8 heteroatoms. The van der Waals surface area contributed by atoms with Gasteiger partial charge >= 0.3 is 0 Å². The molecule has 1 amide bonds. The smallest absolute Gasteiger partial charge is 0.290 e. The second kappa shape index (κ2) is 7.45. The normalized spacial score (nSPS) is 15.7. The van der Waals surface area contributed by atoms with Gasteiger partial charge in [-0.05, 0) is 64.7 Å². The Morgan fingerprint density at radius 1 is 1.20 bits per heavy atom. The molecule has 2 N–H and O–H groups in total. The molecule has 1 unspecified atom stereocenters. The van der Waals surface area contributed by atoms with Crippen molar-refractivity contribution < 1.29 is 24.2 Å². The Morgan fingerprint density at radius 3 is 2.60 bits per heavy atom. The third-order valence-electron chi connectivity index (χ3n) is 5.34. The molecule has 2 aromatic carbocycles. The highest BCUT2D eigenvalue weighted by Gasteiger charge is 2.43.